The van der Waals surface area contributed by atoms with Crippen LogP contribution in [0.25, 0.3) is 11.4 Å². The summed E-state index contributed by atoms with van der Waals surface area (Å²) in [6.07, 6.45) is 5.98. The van der Waals surface area contributed by atoms with Crippen LogP contribution in [0.15, 0.2) is 29.7 Å². The second-order valence-electron chi connectivity index (χ2n) is 6.99. The van der Waals surface area contributed by atoms with E-state index >= 15 is 0 Å². The quantitative estimate of drug-likeness (QED) is 0.750. The zero-order valence-corrected chi connectivity index (χ0v) is 15.9. The second-order valence-corrected chi connectivity index (χ2v) is 7.94. The molecule has 1 saturated heterocycles. The lowest BCUT2D eigenvalue weighted by Crippen LogP contribution is -2.48. The molecule has 3 heterocycles. The first-order valence-electron chi connectivity index (χ1n) is 9.03. The fourth-order valence-corrected chi connectivity index (χ4v) is 4.24. The molecule has 0 radical (unpaired) electrons. The summed E-state index contributed by atoms with van der Waals surface area (Å²) in [6, 6.07) is 4.32. The van der Waals surface area contributed by atoms with Crippen LogP contribution >= 0.6 is 11.8 Å². The van der Waals surface area contributed by atoms with Crippen LogP contribution in [-0.2, 0) is 9.53 Å². The lowest BCUT2D eigenvalue weighted by molar-refractivity contribution is -0.140. The molecule has 2 aromatic heterocycles. The molecule has 1 amide bonds. The Morgan fingerprint density at radius 3 is 2.69 bits per heavy atom. The van der Waals surface area contributed by atoms with Crippen LogP contribution in [0.2, 0.25) is 0 Å². The third-order valence-electron chi connectivity index (χ3n) is 4.59. The van der Waals surface area contributed by atoms with Gasteiger partial charge in [-0.15, -0.1) is 10.2 Å². The number of aromatic nitrogens is 4. The average Bonchev–Trinajstić information content (AvgIpc) is 3.38. The molecular formula is C18H23N5O2S. The third kappa shape index (κ3) is 3.76. The standard InChI is InChI=1S/C18H23N5O2S/c1-12-9-22(10-13(2)25-12)16(24)11-26-18-21-20-17(23(18)15-5-6-15)14-4-3-7-19-8-14/h3-4,7-8,12-13,15H,5-6,9-11H2,1-2H3/t12-,13-/m0/s1. The van der Waals surface area contributed by atoms with Gasteiger partial charge in [-0.25, -0.2) is 0 Å². The van der Waals surface area contributed by atoms with Crippen molar-refractivity contribution in [3.63, 3.8) is 0 Å². The number of hydrogen-bond acceptors (Lipinski definition) is 6. The van der Waals surface area contributed by atoms with E-state index in [4.69, 9.17) is 4.74 Å². The molecule has 0 N–H and O–H groups in total. The largest absolute Gasteiger partial charge is 0.372 e. The van der Waals surface area contributed by atoms with E-state index in [-0.39, 0.29) is 18.1 Å². The molecule has 1 saturated carbocycles. The normalized spacial score (nSPS) is 23.2. The number of rotatable bonds is 5. The SMILES string of the molecule is C[C@H]1CN(C(=O)CSc2nnc(-c3cccnc3)n2C2CC2)C[C@H](C)O1. The summed E-state index contributed by atoms with van der Waals surface area (Å²) >= 11 is 1.47. The Bertz CT molecular complexity index is 767. The maximum absolute atomic E-state index is 12.6. The number of amides is 1. The van der Waals surface area contributed by atoms with E-state index < -0.39 is 0 Å². The van der Waals surface area contributed by atoms with Crippen LogP contribution in [0, 0.1) is 0 Å². The lowest BCUT2D eigenvalue weighted by Gasteiger charge is -2.35. The highest BCUT2D eigenvalue weighted by Gasteiger charge is 2.31. The number of nitrogens with zero attached hydrogens (tertiary/aromatic N) is 5. The van der Waals surface area contributed by atoms with Crippen molar-refractivity contribution in [2.75, 3.05) is 18.8 Å². The van der Waals surface area contributed by atoms with Gasteiger partial charge >= 0.3 is 0 Å². The molecule has 8 heteroatoms. The van der Waals surface area contributed by atoms with Crippen LogP contribution < -0.4 is 0 Å². The number of ether oxygens (including phenoxy) is 1. The fraction of sp³-hybridized carbons (Fsp3) is 0.556. The molecule has 7 nitrogen and oxygen atoms in total. The van der Waals surface area contributed by atoms with E-state index in [1.165, 1.54) is 11.8 Å². The van der Waals surface area contributed by atoms with Gasteiger partial charge in [-0.1, -0.05) is 11.8 Å². The van der Waals surface area contributed by atoms with Crippen LogP contribution in [0.3, 0.4) is 0 Å². The van der Waals surface area contributed by atoms with Crippen LogP contribution in [-0.4, -0.2) is 61.6 Å². The molecule has 2 fully saturated rings. The highest BCUT2D eigenvalue weighted by atomic mass is 32.2. The first kappa shape index (κ1) is 17.5. The molecule has 0 unspecified atom stereocenters. The maximum Gasteiger partial charge on any atom is 0.233 e. The number of morpholine rings is 1. The van der Waals surface area contributed by atoms with Crippen LogP contribution in [0.5, 0.6) is 0 Å². The Morgan fingerprint density at radius 2 is 2.04 bits per heavy atom. The van der Waals surface area contributed by atoms with Crippen molar-refractivity contribution in [3.8, 4) is 11.4 Å². The van der Waals surface area contributed by atoms with Crippen molar-refractivity contribution in [1.82, 2.24) is 24.6 Å². The highest BCUT2D eigenvalue weighted by Crippen LogP contribution is 2.40. The number of thioether (sulfide) groups is 1. The van der Waals surface area contributed by atoms with Crippen LogP contribution in [0.1, 0.15) is 32.7 Å². The fourth-order valence-electron chi connectivity index (χ4n) is 3.33. The summed E-state index contributed by atoms with van der Waals surface area (Å²) in [5, 5.41) is 9.54. The number of pyridine rings is 1. The van der Waals surface area contributed by atoms with Gasteiger partial charge in [0.05, 0.1) is 18.0 Å². The number of carbonyl (C=O) groups is 1. The van der Waals surface area contributed by atoms with Crippen LogP contribution in [0.4, 0.5) is 0 Å². The summed E-state index contributed by atoms with van der Waals surface area (Å²) in [6.45, 7) is 5.32. The van der Waals surface area contributed by atoms with Crippen molar-refractivity contribution >= 4 is 17.7 Å². The Hall–Kier alpha value is -1.93. The Morgan fingerprint density at radius 1 is 1.27 bits per heavy atom. The van der Waals surface area contributed by atoms with E-state index in [2.05, 4.69) is 19.7 Å². The van der Waals surface area contributed by atoms with E-state index in [0.717, 1.165) is 29.4 Å². The summed E-state index contributed by atoms with van der Waals surface area (Å²) in [5.41, 5.74) is 0.959. The van der Waals surface area contributed by atoms with Gasteiger partial charge < -0.3 is 9.64 Å². The van der Waals surface area contributed by atoms with Gasteiger partial charge in [-0.05, 0) is 38.8 Å². The molecule has 26 heavy (non-hydrogen) atoms. The number of hydrogen-bond donors (Lipinski definition) is 0. The predicted molar refractivity (Wildman–Crippen MR) is 98.8 cm³/mol. The van der Waals surface area contributed by atoms with Crippen molar-refractivity contribution in [1.29, 1.82) is 0 Å². The van der Waals surface area contributed by atoms with Crippen molar-refractivity contribution < 1.29 is 9.53 Å². The molecular weight excluding hydrogens is 350 g/mol. The Kier molecular flexibility index (Phi) is 4.95. The molecule has 4 rings (SSSR count). The highest BCUT2D eigenvalue weighted by molar-refractivity contribution is 7.99. The molecule has 2 aliphatic rings. The first-order valence-corrected chi connectivity index (χ1v) is 10.0. The van der Waals surface area contributed by atoms with Crippen molar-refractivity contribution in [2.45, 2.75) is 50.1 Å². The molecule has 0 bridgehead atoms. The van der Waals surface area contributed by atoms with Crippen molar-refractivity contribution in [3.05, 3.63) is 24.5 Å². The zero-order valence-electron chi connectivity index (χ0n) is 15.0. The van der Waals surface area contributed by atoms with Crippen molar-refractivity contribution in [2.24, 2.45) is 0 Å². The monoisotopic (exact) mass is 373 g/mol. The Balaban J connectivity index is 1.47. The van der Waals surface area contributed by atoms with E-state index in [0.29, 0.717) is 24.9 Å². The Labute approximate surface area is 157 Å². The molecule has 1 aliphatic carbocycles. The van der Waals surface area contributed by atoms with Gasteiger partial charge in [0.1, 0.15) is 0 Å². The van der Waals surface area contributed by atoms with Gasteiger partial charge in [0.15, 0.2) is 11.0 Å². The third-order valence-corrected chi connectivity index (χ3v) is 5.52. The minimum absolute atomic E-state index is 0.0833. The molecule has 0 aromatic carbocycles. The molecule has 138 valence electrons. The van der Waals surface area contributed by atoms with Gasteiger partial charge in [-0.3, -0.25) is 14.3 Å². The lowest BCUT2D eigenvalue weighted by atomic mass is 10.2. The zero-order chi connectivity index (χ0) is 18.1. The van der Waals surface area contributed by atoms with E-state index in [1.807, 2.05) is 30.9 Å². The second kappa shape index (κ2) is 7.36. The molecule has 2 atom stereocenters. The summed E-state index contributed by atoms with van der Waals surface area (Å²) in [5.74, 6) is 1.34. The minimum Gasteiger partial charge on any atom is -0.372 e. The van der Waals surface area contributed by atoms with Gasteiger partial charge in [0.2, 0.25) is 5.91 Å². The summed E-state index contributed by atoms with van der Waals surface area (Å²) < 4.78 is 7.87. The van der Waals surface area contributed by atoms with Gasteiger partial charge in [0, 0.05) is 37.1 Å². The van der Waals surface area contributed by atoms with E-state index in [1.54, 1.807) is 12.4 Å². The first-order chi connectivity index (χ1) is 12.6. The van der Waals surface area contributed by atoms with E-state index in [9.17, 15) is 4.79 Å². The topological polar surface area (TPSA) is 73.1 Å². The smallest absolute Gasteiger partial charge is 0.233 e. The summed E-state index contributed by atoms with van der Waals surface area (Å²) in [4.78, 5) is 18.7. The predicted octanol–water partition coefficient (Wildman–Crippen LogP) is 2.40. The maximum atomic E-state index is 12.6. The van der Waals surface area contributed by atoms with Gasteiger partial charge in [0.25, 0.3) is 0 Å². The number of carbonyl (C=O) groups excluding carboxylic acids is 1. The van der Waals surface area contributed by atoms with Gasteiger partial charge in [-0.2, -0.15) is 0 Å². The summed E-state index contributed by atoms with van der Waals surface area (Å²) in [7, 11) is 0. The molecule has 1 aliphatic heterocycles. The molecule has 2 aromatic rings. The molecule has 0 spiro atoms. The average molecular weight is 373 g/mol. The minimum atomic E-state index is 0.0833.